The summed E-state index contributed by atoms with van der Waals surface area (Å²) in [7, 11) is 0. The van der Waals surface area contributed by atoms with Crippen LogP contribution in [0.4, 0.5) is 5.82 Å². The van der Waals surface area contributed by atoms with Crippen LogP contribution in [0.3, 0.4) is 0 Å². The van der Waals surface area contributed by atoms with Gasteiger partial charge in [0.2, 0.25) is 0 Å². The van der Waals surface area contributed by atoms with Gasteiger partial charge in [-0.25, -0.2) is 9.97 Å². The summed E-state index contributed by atoms with van der Waals surface area (Å²) >= 11 is 0. The number of piperidine rings is 1. The maximum atomic E-state index is 9.64. The van der Waals surface area contributed by atoms with Crippen LogP contribution in [-0.2, 0) is 0 Å². The number of hydrogen-bond acceptors (Lipinski definition) is 5. The number of aromatic nitrogens is 2. The maximum Gasteiger partial charge on any atom is 0.183 e. The Morgan fingerprint density at radius 2 is 2.29 bits per heavy atom. The van der Waals surface area contributed by atoms with Gasteiger partial charge in [0.25, 0.3) is 0 Å². The third-order valence-corrected chi connectivity index (χ3v) is 3.22. The fourth-order valence-corrected chi connectivity index (χ4v) is 2.24. The van der Waals surface area contributed by atoms with Crippen LogP contribution in [0.2, 0.25) is 0 Å². The van der Waals surface area contributed by atoms with Gasteiger partial charge in [-0.15, -0.1) is 0 Å². The Hall–Kier alpha value is -1.67. The van der Waals surface area contributed by atoms with E-state index in [0.29, 0.717) is 11.5 Å². The predicted octanol–water partition coefficient (Wildman–Crippen LogP) is 0.945. The van der Waals surface area contributed by atoms with E-state index >= 15 is 0 Å². The number of anilines is 1. The van der Waals surface area contributed by atoms with E-state index in [1.807, 2.05) is 11.8 Å². The van der Waals surface area contributed by atoms with E-state index in [1.165, 1.54) is 6.20 Å². The summed E-state index contributed by atoms with van der Waals surface area (Å²) < 4.78 is 0. The molecule has 0 saturated carbocycles. The Bertz CT molecular complexity index is 427. The minimum Gasteiger partial charge on any atom is -0.393 e. The van der Waals surface area contributed by atoms with Crippen LogP contribution < -0.4 is 4.90 Å². The van der Waals surface area contributed by atoms with Crippen LogP contribution >= 0.6 is 0 Å². The first-order chi connectivity index (χ1) is 8.22. The Kier molecular flexibility index (Phi) is 3.55. The lowest BCUT2D eigenvalue weighted by Crippen LogP contribution is -2.40. The molecule has 1 fully saturated rings. The van der Waals surface area contributed by atoms with Gasteiger partial charge in [0.1, 0.15) is 6.07 Å². The van der Waals surface area contributed by atoms with Crippen molar-refractivity contribution in [2.45, 2.75) is 25.9 Å². The van der Waals surface area contributed by atoms with Crippen molar-refractivity contribution in [3.8, 4) is 6.07 Å². The summed E-state index contributed by atoms with van der Waals surface area (Å²) in [5, 5.41) is 18.6. The second kappa shape index (κ2) is 5.11. The molecule has 2 rings (SSSR count). The highest BCUT2D eigenvalue weighted by Crippen LogP contribution is 2.24. The molecule has 2 atom stereocenters. The smallest absolute Gasteiger partial charge is 0.183 e. The van der Waals surface area contributed by atoms with Gasteiger partial charge in [-0.2, -0.15) is 5.26 Å². The molecule has 0 amide bonds. The molecule has 1 N–H and O–H groups in total. The lowest BCUT2D eigenvalue weighted by Gasteiger charge is -2.34. The molecule has 1 aromatic rings. The summed E-state index contributed by atoms with van der Waals surface area (Å²) in [6.45, 7) is 3.43. The highest BCUT2D eigenvalue weighted by Gasteiger charge is 2.25. The Morgan fingerprint density at radius 1 is 1.53 bits per heavy atom. The van der Waals surface area contributed by atoms with E-state index in [1.54, 1.807) is 6.20 Å². The van der Waals surface area contributed by atoms with Gasteiger partial charge in [-0.1, -0.05) is 0 Å². The fourth-order valence-electron chi connectivity index (χ4n) is 2.24. The molecule has 0 aliphatic carbocycles. The van der Waals surface area contributed by atoms with Crippen molar-refractivity contribution >= 4 is 5.82 Å². The second-order valence-electron chi connectivity index (χ2n) is 4.43. The normalized spacial score (nSPS) is 21.9. The molecule has 0 aromatic carbocycles. The zero-order valence-corrected chi connectivity index (χ0v) is 9.87. The largest absolute Gasteiger partial charge is 0.393 e. The van der Waals surface area contributed by atoms with Crippen molar-refractivity contribution in [2.24, 2.45) is 5.92 Å². The zero-order valence-electron chi connectivity index (χ0n) is 9.87. The lowest BCUT2D eigenvalue weighted by atomic mass is 9.93. The van der Waals surface area contributed by atoms with E-state index in [-0.39, 0.29) is 12.0 Å². The molecule has 17 heavy (non-hydrogen) atoms. The van der Waals surface area contributed by atoms with Gasteiger partial charge in [0, 0.05) is 31.4 Å². The van der Waals surface area contributed by atoms with E-state index in [9.17, 15) is 5.11 Å². The molecule has 5 nitrogen and oxygen atoms in total. The number of nitrogens with zero attached hydrogens (tertiary/aromatic N) is 4. The maximum absolute atomic E-state index is 9.64. The van der Waals surface area contributed by atoms with Gasteiger partial charge in [0.05, 0.1) is 6.10 Å². The van der Waals surface area contributed by atoms with E-state index in [4.69, 9.17) is 5.26 Å². The van der Waals surface area contributed by atoms with Crippen molar-refractivity contribution in [2.75, 3.05) is 18.0 Å². The van der Waals surface area contributed by atoms with Crippen LogP contribution in [0.5, 0.6) is 0 Å². The first-order valence-corrected chi connectivity index (χ1v) is 5.86. The van der Waals surface area contributed by atoms with Gasteiger partial charge in [-0.3, -0.25) is 0 Å². The van der Waals surface area contributed by atoms with Gasteiger partial charge in [-0.05, 0) is 19.8 Å². The number of aliphatic hydroxyl groups is 1. The van der Waals surface area contributed by atoms with Gasteiger partial charge < -0.3 is 10.0 Å². The monoisotopic (exact) mass is 232 g/mol. The first kappa shape index (κ1) is 11.8. The molecule has 2 heterocycles. The van der Waals surface area contributed by atoms with Crippen molar-refractivity contribution in [1.82, 2.24) is 9.97 Å². The highest BCUT2D eigenvalue weighted by molar-refractivity contribution is 5.49. The Balaban J connectivity index is 2.19. The van der Waals surface area contributed by atoms with E-state index in [0.717, 1.165) is 25.9 Å². The van der Waals surface area contributed by atoms with Crippen LogP contribution in [0.25, 0.3) is 0 Å². The van der Waals surface area contributed by atoms with E-state index < -0.39 is 0 Å². The quantitative estimate of drug-likeness (QED) is 0.821. The summed E-state index contributed by atoms with van der Waals surface area (Å²) in [6, 6.07) is 2.06. The lowest BCUT2D eigenvalue weighted by molar-refractivity contribution is 0.115. The molecular formula is C12H16N4O. The number of aliphatic hydroxyl groups excluding tert-OH is 1. The molecule has 0 bridgehead atoms. The van der Waals surface area contributed by atoms with Crippen molar-refractivity contribution in [3.05, 3.63) is 18.1 Å². The summed E-state index contributed by atoms with van der Waals surface area (Å²) in [4.78, 5) is 10.3. The molecular weight excluding hydrogens is 216 g/mol. The zero-order chi connectivity index (χ0) is 12.3. The molecule has 1 aromatic heterocycles. The molecule has 0 spiro atoms. The number of rotatable bonds is 2. The van der Waals surface area contributed by atoms with Gasteiger partial charge in [0.15, 0.2) is 11.5 Å². The number of nitriles is 1. The average Bonchev–Trinajstić information content (AvgIpc) is 2.39. The minimum atomic E-state index is -0.319. The fraction of sp³-hybridized carbons (Fsp3) is 0.583. The van der Waals surface area contributed by atoms with E-state index in [2.05, 4.69) is 16.0 Å². The summed E-state index contributed by atoms with van der Waals surface area (Å²) in [6.07, 6.45) is 4.84. The van der Waals surface area contributed by atoms with Crippen LogP contribution in [0, 0.1) is 17.2 Å². The van der Waals surface area contributed by atoms with Crippen molar-refractivity contribution < 1.29 is 5.11 Å². The molecule has 1 aliphatic rings. The Labute approximate surface area is 101 Å². The minimum absolute atomic E-state index is 0.247. The van der Waals surface area contributed by atoms with Crippen LogP contribution in [0.1, 0.15) is 25.5 Å². The molecule has 1 aliphatic heterocycles. The average molecular weight is 232 g/mol. The van der Waals surface area contributed by atoms with Crippen LogP contribution in [0.15, 0.2) is 12.4 Å². The van der Waals surface area contributed by atoms with Gasteiger partial charge >= 0.3 is 0 Å². The molecule has 1 saturated heterocycles. The second-order valence-corrected chi connectivity index (χ2v) is 4.43. The SMILES string of the molecule is CC(O)C1CCCN(c2nccnc2C#N)C1. The standard InChI is InChI=1S/C12H16N4O/c1-9(17)10-3-2-6-16(8-10)12-11(7-13)14-4-5-15-12/h4-5,9-10,17H,2-3,6,8H2,1H3. The predicted molar refractivity (Wildman–Crippen MR) is 63.4 cm³/mol. The first-order valence-electron chi connectivity index (χ1n) is 5.86. The highest BCUT2D eigenvalue weighted by atomic mass is 16.3. The third-order valence-electron chi connectivity index (χ3n) is 3.22. The molecule has 90 valence electrons. The summed E-state index contributed by atoms with van der Waals surface area (Å²) in [5.41, 5.74) is 0.360. The molecule has 0 radical (unpaired) electrons. The Morgan fingerprint density at radius 3 is 3.00 bits per heavy atom. The third kappa shape index (κ3) is 2.53. The molecule has 2 unspecified atom stereocenters. The topological polar surface area (TPSA) is 73.0 Å². The number of hydrogen-bond donors (Lipinski definition) is 1. The van der Waals surface area contributed by atoms with Crippen molar-refractivity contribution in [3.63, 3.8) is 0 Å². The summed E-state index contributed by atoms with van der Waals surface area (Å²) in [5.74, 6) is 0.887. The van der Waals surface area contributed by atoms with Crippen molar-refractivity contribution in [1.29, 1.82) is 5.26 Å². The van der Waals surface area contributed by atoms with Crippen LogP contribution in [-0.4, -0.2) is 34.3 Å². The molecule has 5 heteroatoms.